The summed E-state index contributed by atoms with van der Waals surface area (Å²) in [5, 5.41) is 9.56. The van der Waals surface area contributed by atoms with E-state index in [2.05, 4.69) is 97.1 Å². The first-order valence-corrected chi connectivity index (χ1v) is 20.4. The monoisotopic (exact) mass is 792 g/mol. The van der Waals surface area contributed by atoms with Crippen LogP contribution in [0.4, 0.5) is 0 Å². The van der Waals surface area contributed by atoms with E-state index in [0.29, 0.717) is 28.9 Å². The van der Waals surface area contributed by atoms with Gasteiger partial charge in [0.05, 0.1) is 23.0 Å². The Morgan fingerprint density at radius 3 is 1.27 bits per heavy atom. The van der Waals surface area contributed by atoms with Crippen LogP contribution >= 0.6 is 0 Å². The summed E-state index contributed by atoms with van der Waals surface area (Å²) in [6.07, 6.45) is 0. The molecule has 0 unspecified atom stereocenters. The molecule has 0 aliphatic carbocycles. The average Bonchev–Trinajstić information content (AvgIpc) is 3.37. The molecule has 0 atom stereocenters. The van der Waals surface area contributed by atoms with Gasteiger partial charge in [-0.05, 0) is 46.0 Å². The van der Waals surface area contributed by atoms with Crippen molar-refractivity contribution >= 4 is 0 Å². The maximum Gasteiger partial charge on any atom is 0.164 e. The smallest absolute Gasteiger partial charge is 0.164 e. The summed E-state index contributed by atoms with van der Waals surface area (Å²) in [6, 6.07) is 75.7. The van der Waals surface area contributed by atoms with Crippen LogP contribution in [0.15, 0.2) is 218 Å². The molecule has 2 aromatic heterocycles. The summed E-state index contributed by atoms with van der Waals surface area (Å²) in [7, 11) is 0. The van der Waals surface area contributed by atoms with E-state index in [-0.39, 0.29) is 0 Å². The van der Waals surface area contributed by atoms with Crippen LogP contribution in [0, 0.1) is 11.3 Å². The summed E-state index contributed by atoms with van der Waals surface area (Å²) < 4.78 is 0. The minimum atomic E-state index is 0.554. The van der Waals surface area contributed by atoms with Crippen LogP contribution in [0.1, 0.15) is 5.56 Å². The third kappa shape index (κ3) is 7.66. The number of nitriles is 1. The topological polar surface area (TPSA) is 88.2 Å². The fraction of sp³-hybridized carbons (Fsp3) is 0. The molecule has 62 heavy (non-hydrogen) atoms. The normalized spacial score (nSPS) is 10.9. The van der Waals surface area contributed by atoms with Crippen LogP contribution in [0.3, 0.4) is 0 Å². The van der Waals surface area contributed by atoms with Crippen LogP contribution in [0.25, 0.3) is 101 Å². The molecular weight excluding hydrogens is 757 g/mol. The molecule has 0 spiro atoms. The summed E-state index contributed by atoms with van der Waals surface area (Å²) in [5.41, 5.74) is 13.8. The van der Waals surface area contributed by atoms with Gasteiger partial charge in [-0.25, -0.2) is 24.9 Å². The van der Waals surface area contributed by atoms with Crippen molar-refractivity contribution in [1.29, 1.82) is 5.26 Å². The number of benzene rings is 8. The van der Waals surface area contributed by atoms with Crippen molar-refractivity contribution in [2.75, 3.05) is 0 Å². The Labute approximate surface area is 360 Å². The van der Waals surface area contributed by atoms with Crippen molar-refractivity contribution in [3.63, 3.8) is 0 Å². The van der Waals surface area contributed by atoms with E-state index in [1.54, 1.807) is 0 Å². The van der Waals surface area contributed by atoms with Crippen molar-refractivity contribution in [1.82, 2.24) is 24.9 Å². The fourth-order valence-electron chi connectivity index (χ4n) is 7.75. The van der Waals surface area contributed by atoms with Crippen molar-refractivity contribution in [3.05, 3.63) is 224 Å². The van der Waals surface area contributed by atoms with E-state index in [1.165, 1.54) is 0 Å². The first kappa shape index (κ1) is 37.6. The van der Waals surface area contributed by atoms with Gasteiger partial charge in [-0.3, -0.25) is 0 Å². The summed E-state index contributed by atoms with van der Waals surface area (Å²) in [4.78, 5) is 25.8. The lowest BCUT2D eigenvalue weighted by Gasteiger charge is -2.17. The van der Waals surface area contributed by atoms with Crippen molar-refractivity contribution < 1.29 is 0 Å². The van der Waals surface area contributed by atoms with Gasteiger partial charge in [0.25, 0.3) is 0 Å². The van der Waals surface area contributed by atoms with Gasteiger partial charge in [0.2, 0.25) is 0 Å². The van der Waals surface area contributed by atoms with E-state index in [4.69, 9.17) is 24.9 Å². The lowest BCUT2D eigenvalue weighted by atomic mass is 9.92. The van der Waals surface area contributed by atoms with Gasteiger partial charge in [-0.2, -0.15) is 5.26 Å². The first-order valence-electron chi connectivity index (χ1n) is 20.4. The van der Waals surface area contributed by atoms with Gasteiger partial charge in [0.15, 0.2) is 23.3 Å². The molecule has 0 radical (unpaired) electrons. The molecule has 6 heteroatoms. The zero-order chi connectivity index (χ0) is 41.7. The molecular formula is C56H36N6. The van der Waals surface area contributed by atoms with Gasteiger partial charge in [-0.15, -0.1) is 0 Å². The average molecular weight is 793 g/mol. The molecule has 6 nitrogen and oxygen atoms in total. The Morgan fingerprint density at radius 1 is 0.274 bits per heavy atom. The van der Waals surface area contributed by atoms with Crippen LogP contribution in [0.5, 0.6) is 0 Å². The zero-order valence-corrected chi connectivity index (χ0v) is 33.5. The molecule has 10 rings (SSSR count). The quantitative estimate of drug-likeness (QED) is 0.145. The van der Waals surface area contributed by atoms with E-state index in [1.807, 2.05) is 127 Å². The molecule has 0 amide bonds. The largest absolute Gasteiger partial charge is 0.227 e. The number of hydrogen-bond acceptors (Lipinski definition) is 6. The molecule has 0 bridgehead atoms. The molecule has 0 saturated carbocycles. The standard InChI is InChI=1S/C56H36N6/c57-37-38-17-15-26-45(35-38)46-27-16-28-47(36-46)55-60-54(44-24-11-4-12-25-44)61-56(62-55)49-30-14-13-29-48(49)39-31-33-42(34-32-39)52-50(40-18-5-1-6-19-40)51(41-20-7-2-8-21-41)58-53(59-52)43-22-9-3-10-23-43/h1-36H. The Hall–Kier alpha value is -8.66. The molecule has 2 heterocycles. The summed E-state index contributed by atoms with van der Waals surface area (Å²) >= 11 is 0. The molecule has 0 saturated heterocycles. The summed E-state index contributed by atoms with van der Waals surface area (Å²) in [6.45, 7) is 0. The van der Waals surface area contributed by atoms with Crippen LogP contribution in [0.2, 0.25) is 0 Å². The third-order valence-corrected chi connectivity index (χ3v) is 10.8. The minimum Gasteiger partial charge on any atom is -0.227 e. The molecule has 0 fully saturated rings. The molecule has 0 N–H and O–H groups in total. The maximum absolute atomic E-state index is 9.56. The highest BCUT2D eigenvalue weighted by molar-refractivity contribution is 5.93. The molecule has 0 aliphatic heterocycles. The Balaban J connectivity index is 1.10. The number of aromatic nitrogens is 5. The predicted molar refractivity (Wildman–Crippen MR) is 249 cm³/mol. The maximum atomic E-state index is 9.56. The molecule has 0 aliphatic rings. The van der Waals surface area contributed by atoms with Crippen LogP contribution < -0.4 is 0 Å². The lowest BCUT2D eigenvalue weighted by Crippen LogP contribution is -2.01. The second-order valence-electron chi connectivity index (χ2n) is 14.8. The van der Waals surface area contributed by atoms with E-state index in [9.17, 15) is 5.26 Å². The second kappa shape index (κ2) is 16.9. The molecule has 8 aromatic carbocycles. The van der Waals surface area contributed by atoms with Gasteiger partial charge in [0.1, 0.15) is 0 Å². The SMILES string of the molecule is N#Cc1cccc(-c2cccc(-c3nc(-c4ccccc4)nc(-c4ccccc4-c4ccc(-c5nc(-c6ccccc6)nc(-c6ccccc6)c5-c5ccccc5)cc4)n3)c2)c1. The third-order valence-electron chi connectivity index (χ3n) is 10.8. The fourth-order valence-corrected chi connectivity index (χ4v) is 7.75. The lowest BCUT2D eigenvalue weighted by molar-refractivity contribution is 1.07. The number of rotatable bonds is 9. The highest BCUT2D eigenvalue weighted by Gasteiger charge is 2.21. The Morgan fingerprint density at radius 2 is 0.677 bits per heavy atom. The Bertz CT molecular complexity index is 3220. The highest BCUT2D eigenvalue weighted by atomic mass is 15.0. The first-order chi connectivity index (χ1) is 30.7. The zero-order valence-electron chi connectivity index (χ0n) is 33.5. The molecule has 10 aromatic rings. The van der Waals surface area contributed by atoms with Gasteiger partial charge in [-0.1, -0.05) is 200 Å². The van der Waals surface area contributed by atoms with E-state index in [0.717, 1.165) is 78.1 Å². The van der Waals surface area contributed by atoms with Crippen molar-refractivity contribution in [3.8, 4) is 108 Å². The van der Waals surface area contributed by atoms with Gasteiger partial charge in [0, 0.05) is 38.9 Å². The van der Waals surface area contributed by atoms with Gasteiger partial charge < -0.3 is 0 Å². The van der Waals surface area contributed by atoms with E-state index < -0.39 is 0 Å². The van der Waals surface area contributed by atoms with Crippen molar-refractivity contribution in [2.24, 2.45) is 0 Å². The van der Waals surface area contributed by atoms with E-state index >= 15 is 0 Å². The highest BCUT2D eigenvalue weighted by Crippen LogP contribution is 2.41. The summed E-state index contributed by atoms with van der Waals surface area (Å²) in [5.74, 6) is 2.36. The number of hydrogen-bond donors (Lipinski definition) is 0. The van der Waals surface area contributed by atoms with Gasteiger partial charge >= 0.3 is 0 Å². The molecule has 290 valence electrons. The van der Waals surface area contributed by atoms with Crippen molar-refractivity contribution in [2.45, 2.75) is 0 Å². The Kier molecular flexibility index (Phi) is 10.3. The number of nitrogens with zero attached hydrogens (tertiary/aromatic N) is 6. The van der Waals surface area contributed by atoms with Crippen LogP contribution in [-0.2, 0) is 0 Å². The minimum absolute atomic E-state index is 0.554. The predicted octanol–water partition coefficient (Wildman–Crippen LogP) is 13.5. The van der Waals surface area contributed by atoms with Crippen LogP contribution in [-0.4, -0.2) is 24.9 Å². The second-order valence-corrected chi connectivity index (χ2v) is 14.8.